The van der Waals surface area contributed by atoms with Crippen molar-refractivity contribution in [1.29, 1.82) is 0 Å². The molecule has 1 aliphatic heterocycles. The fourth-order valence-electron chi connectivity index (χ4n) is 0.928. The fourth-order valence-corrected chi connectivity index (χ4v) is 1.41. The van der Waals surface area contributed by atoms with E-state index in [1.807, 2.05) is 6.21 Å². The van der Waals surface area contributed by atoms with Crippen LogP contribution in [0.5, 0.6) is 0 Å². The highest BCUT2D eigenvalue weighted by Crippen LogP contribution is 2.11. The molecule has 2 unspecified atom stereocenters. The summed E-state index contributed by atoms with van der Waals surface area (Å²) in [6.45, 7) is 4.29. The first-order valence-corrected chi connectivity index (χ1v) is 5.43. The summed E-state index contributed by atoms with van der Waals surface area (Å²) >= 11 is 2.35. The van der Waals surface area contributed by atoms with Gasteiger partial charge in [0.25, 0.3) is 0 Å². The molecule has 0 saturated heterocycles. The Balaban J connectivity index is 2.57. The number of alkyl halides is 1. The largest absolute Gasteiger partial charge is 0.267 e. The molecule has 0 aromatic heterocycles. The molecule has 0 aromatic carbocycles. The fraction of sp³-hybridized carbons (Fsp3) is 0.750. The van der Waals surface area contributed by atoms with E-state index in [-0.39, 0.29) is 0 Å². The molecule has 2 atom stereocenters. The van der Waals surface area contributed by atoms with Crippen LogP contribution in [-0.2, 0) is 0 Å². The number of rotatable bonds is 2. The Labute approximate surface area is 81.3 Å². The monoisotopic (exact) mass is 264 g/mol. The third-order valence-corrected chi connectivity index (χ3v) is 2.43. The molecule has 3 heteroatoms. The molecule has 1 aliphatic rings. The smallest absolute Gasteiger partial charge is 0.123 e. The molecule has 0 fully saturated rings. The van der Waals surface area contributed by atoms with Gasteiger partial charge in [0.05, 0.1) is 6.04 Å². The van der Waals surface area contributed by atoms with E-state index < -0.39 is 0 Å². The summed E-state index contributed by atoms with van der Waals surface area (Å²) < 4.78 is 1.11. The molecule has 11 heavy (non-hydrogen) atoms. The van der Waals surface area contributed by atoms with E-state index in [0.29, 0.717) is 12.0 Å². The minimum absolute atomic E-state index is 0.422. The van der Waals surface area contributed by atoms with Crippen LogP contribution in [0.2, 0.25) is 0 Å². The summed E-state index contributed by atoms with van der Waals surface area (Å²) in [4.78, 5) is 8.74. The van der Waals surface area contributed by atoms with Gasteiger partial charge in [-0.15, -0.1) is 0 Å². The molecule has 1 rings (SSSR count). The van der Waals surface area contributed by atoms with Gasteiger partial charge in [-0.05, 0) is 6.92 Å². The van der Waals surface area contributed by atoms with Crippen LogP contribution >= 0.6 is 22.6 Å². The lowest BCUT2D eigenvalue weighted by Gasteiger charge is -2.16. The Bertz CT molecular complexity index is 187. The van der Waals surface area contributed by atoms with E-state index >= 15 is 0 Å². The van der Waals surface area contributed by atoms with E-state index in [1.54, 1.807) is 0 Å². The van der Waals surface area contributed by atoms with Gasteiger partial charge in [-0.3, -0.25) is 4.99 Å². The normalized spacial score (nSPS) is 30.3. The summed E-state index contributed by atoms with van der Waals surface area (Å²) in [7, 11) is 0. The highest BCUT2D eigenvalue weighted by Gasteiger charge is 2.13. The average Bonchev–Trinajstić information content (AvgIpc) is 1.98. The van der Waals surface area contributed by atoms with E-state index in [4.69, 9.17) is 0 Å². The first-order valence-electron chi connectivity index (χ1n) is 3.91. The second-order valence-corrected chi connectivity index (χ2v) is 3.94. The van der Waals surface area contributed by atoms with Crippen molar-refractivity contribution in [3.63, 3.8) is 0 Å². The van der Waals surface area contributed by atoms with Crippen molar-refractivity contribution in [1.82, 2.24) is 0 Å². The predicted molar refractivity (Wildman–Crippen MR) is 58.1 cm³/mol. The summed E-state index contributed by atoms with van der Waals surface area (Å²) in [6, 6.07) is 0.422. The molecular weight excluding hydrogens is 251 g/mol. The van der Waals surface area contributed by atoms with Crippen molar-refractivity contribution >= 4 is 34.6 Å². The van der Waals surface area contributed by atoms with E-state index in [1.165, 1.54) is 0 Å². The van der Waals surface area contributed by atoms with Crippen molar-refractivity contribution in [3.8, 4) is 0 Å². The van der Waals surface area contributed by atoms with Crippen LogP contribution in [0, 0.1) is 5.92 Å². The number of hydrogen-bond acceptors (Lipinski definition) is 2. The SMILES string of the molecule is CC1C=NC(CCI)=NC1C. The van der Waals surface area contributed by atoms with Gasteiger partial charge in [0, 0.05) is 23.0 Å². The Morgan fingerprint density at radius 1 is 1.55 bits per heavy atom. The predicted octanol–water partition coefficient (Wildman–Crippen LogP) is 2.32. The Morgan fingerprint density at radius 3 is 2.82 bits per heavy atom. The lowest BCUT2D eigenvalue weighted by molar-refractivity contribution is 0.615. The van der Waals surface area contributed by atoms with E-state index in [2.05, 4.69) is 46.4 Å². The highest BCUT2D eigenvalue weighted by atomic mass is 127. The first-order chi connectivity index (χ1) is 5.24. The number of nitrogens with zero attached hydrogens (tertiary/aromatic N) is 2. The zero-order valence-corrected chi connectivity index (χ0v) is 9.08. The summed E-state index contributed by atoms with van der Waals surface area (Å²) in [6.07, 6.45) is 3.02. The lowest BCUT2D eigenvalue weighted by Crippen LogP contribution is -2.20. The van der Waals surface area contributed by atoms with Crippen LogP contribution in [0.15, 0.2) is 9.98 Å². The minimum Gasteiger partial charge on any atom is -0.267 e. The third-order valence-electron chi connectivity index (χ3n) is 1.89. The molecule has 0 saturated carbocycles. The second-order valence-electron chi connectivity index (χ2n) is 2.86. The van der Waals surface area contributed by atoms with Gasteiger partial charge in [-0.2, -0.15) is 0 Å². The van der Waals surface area contributed by atoms with Gasteiger partial charge in [0.1, 0.15) is 5.84 Å². The number of aliphatic imine (C=N–C) groups is 2. The molecule has 2 nitrogen and oxygen atoms in total. The molecule has 62 valence electrons. The van der Waals surface area contributed by atoms with Crippen molar-refractivity contribution in [2.45, 2.75) is 26.3 Å². The molecule has 0 radical (unpaired) electrons. The standard InChI is InChI=1S/C8H13IN2/c1-6-5-10-8(3-4-9)11-7(6)2/h5-7H,3-4H2,1-2H3. The van der Waals surface area contributed by atoms with Gasteiger partial charge >= 0.3 is 0 Å². The maximum atomic E-state index is 4.47. The molecule has 1 heterocycles. The Morgan fingerprint density at radius 2 is 2.27 bits per heavy atom. The van der Waals surface area contributed by atoms with Crippen LogP contribution in [0.3, 0.4) is 0 Å². The topological polar surface area (TPSA) is 24.7 Å². The molecule has 0 amide bonds. The number of hydrogen-bond donors (Lipinski definition) is 0. The molecule has 0 aromatic rings. The van der Waals surface area contributed by atoms with Crippen LogP contribution in [0.1, 0.15) is 20.3 Å². The van der Waals surface area contributed by atoms with Gasteiger partial charge in [0.2, 0.25) is 0 Å². The zero-order chi connectivity index (χ0) is 8.27. The third kappa shape index (κ3) is 2.54. The van der Waals surface area contributed by atoms with Gasteiger partial charge in [0.15, 0.2) is 0 Å². The zero-order valence-electron chi connectivity index (χ0n) is 6.92. The Kier molecular flexibility index (Phi) is 3.48. The Hall–Kier alpha value is 0.0700. The van der Waals surface area contributed by atoms with Crippen LogP contribution in [-0.4, -0.2) is 22.5 Å². The average molecular weight is 264 g/mol. The maximum absolute atomic E-state index is 4.47. The maximum Gasteiger partial charge on any atom is 0.123 e. The number of amidine groups is 1. The molecule has 0 aliphatic carbocycles. The molecule has 0 spiro atoms. The van der Waals surface area contributed by atoms with Crippen LogP contribution in [0.4, 0.5) is 0 Å². The first kappa shape index (κ1) is 9.16. The minimum atomic E-state index is 0.422. The summed E-state index contributed by atoms with van der Waals surface area (Å²) in [5.41, 5.74) is 0. The van der Waals surface area contributed by atoms with Crippen molar-refractivity contribution in [3.05, 3.63) is 0 Å². The molecule has 0 N–H and O–H groups in total. The quantitative estimate of drug-likeness (QED) is 0.540. The van der Waals surface area contributed by atoms with E-state index in [9.17, 15) is 0 Å². The van der Waals surface area contributed by atoms with Crippen molar-refractivity contribution in [2.24, 2.45) is 15.9 Å². The lowest BCUT2D eigenvalue weighted by atomic mass is 10.1. The van der Waals surface area contributed by atoms with Gasteiger partial charge in [-0.1, -0.05) is 29.5 Å². The molecular formula is C8H13IN2. The van der Waals surface area contributed by atoms with Gasteiger partial charge < -0.3 is 0 Å². The second kappa shape index (κ2) is 4.18. The summed E-state index contributed by atoms with van der Waals surface area (Å²) in [5.74, 6) is 1.53. The van der Waals surface area contributed by atoms with Crippen molar-refractivity contribution < 1.29 is 0 Å². The van der Waals surface area contributed by atoms with Crippen LogP contribution < -0.4 is 0 Å². The van der Waals surface area contributed by atoms with Gasteiger partial charge in [-0.25, -0.2) is 4.99 Å². The number of halogens is 1. The van der Waals surface area contributed by atoms with Crippen LogP contribution in [0.25, 0.3) is 0 Å². The summed E-state index contributed by atoms with van der Waals surface area (Å²) in [5, 5.41) is 0. The van der Waals surface area contributed by atoms with Crippen molar-refractivity contribution in [2.75, 3.05) is 4.43 Å². The molecule has 0 bridgehead atoms. The highest BCUT2D eigenvalue weighted by molar-refractivity contribution is 14.1. The van der Waals surface area contributed by atoms with E-state index in [0.717, 1.165) is 16.7 Å².